The normalized spacial score (nSPS) is 13.0. The highest BCUT2D eigenvalue weighted by Crippen LogP contribution is 2.21. The van der Waals surface area contributed by atoms with Gasteiger partial charge in [0.25, 0.3) is 0 Å². The van der Waals surface area contributed by atoms with Crippen LogP contribution in [0.1, 0.15) is 51.7 Å². The van der Waals surface area contributed by atoms with Gasteiger partial charge in [0.15, 0.2) is 0 Å². The molecule has 0 aliphatic rings. The monoisotopic (exact) mass is 290 g/mol. The van der Waals surface area contributed by atoms with Crippen molar-refractivity contribution in [3.8, 4) is 0 Å². The van der Waals surface area contributed by atoms with Crippen molar-refractivity contribution < 1.29 is 4.79 Å². The van der Waals surface area contributed by atoms with E-state index in [1.807, 2.05) is 7.05 Å². The Hall–Kier alpha value is -1.35. The highest BCUT2D eigenvalue weighted by atomic mass is 16.2. The summed E-state index contributed by atoms with van der Waals surface area (Å²) < 4.78 is 0. The lowest BCUT2D eigenvalue weighted by Gasteiger charge is -2.25. The summed E-state index contributed by atoms with van der Waals surface area (Å²) in [6.07, 6.45) is 2.31. The van der Waals surface area contributed by atoms with Crippen LogP contribution in [0.3, 0.4) is 0 Å². The molecule has 2 N–H and O–H groups in total. The topological polar surface area (TPSA) is 46.3 Å². The van der Waals surface area contributed by atoms with Crippen molar-refractivity contribution in [3.05, 3.63) is 35.4 Å². The fraction of sp³-hybridized carbons (Fsp3) is 0.611. The largest absolute Gasteiger partial charge is 0.341 e. The molecule has 1 atom stereocenters. The van der Waals surface area contributed by atoms with Crippen LogP contribution in [0, 0.1) is 5.41 Å². The number of benzene rings is 1. The first-order valence-electron chi connectivity index (χ1n) is 7.78. The summed E-state index contributed by atoms with van der Waals surface area (Å²) in [6, 6.07) is 8.37. The minimum absolute atomic E-state index is 0.0672. The van der Waals surface area contributed by atoms with Gasteiger partial charge in [-0.1, -0.05) is 52.0 Å². The van der Waals surface area contributed by atoms with Crippen LogP contribution < -0.4 is 5.73 Å². The Labute approximate surface area is 129 Å². The van der Waals surface area contributed by atoms with Crippen molar-refractivity contribution in [2.75, 3.05) is 7.05 Å². The molecule has 0 heterocycles. The van der Waals surface area contributed by atoms with Crippen LogP contribution in [-0.4, -0.2) is 23.9 Å². The quantitative estimate of drug-likeness (QED) is 0.873. The molecule has 3 nitrogen and oxygen atoms in total. The summed E-state index contributed by atoms with van der Waals surface area (Å²) in [4.78, 5) is 14.0. The first-order valence-corrected chi connectivity index (χ1v) is 7.78. The van der Waals surface area contributed by atoms with Crippen LogP contribution in [0.4, 0.5) is 0 Å². The van der Waals surface area contributed by atoms with E-state index >= 15 is 0 Å². The number of hydrogen-bond acceptors (Lipinski definition) is 2. The second-order valence-electron chi connectivity index (χ2n) is 7.15. The van der Waals surface area contributed by atoms with Gasteiger partial charge in [0.2, 0.25) is 5.91 Å². The molecule has 0 saturated carbocycles. The highest BCUT2D eigenvalue weighted by Gasteiger charge is 2.19. The van der Waals surface area contributed by atoms with Gasteiger partial charge < -0.3 is 10.6 Å². The van der Waals surface area contributed by atoms with E-state index in [9.17, 15) is 4.79 Å². The van der Waals surface area contributed by atoms with Gasteiger partial charge in [-0.3, -0.25) is 4.79 Å². The molecule has 1 aromatic rings. The van der Waals surface area contributed by atoms with Crippen molar-refractivity contribution >= 4 is 5.91 Å². The standard InChI is InChI=1S/C18H30N2O/c1-6-14-7-9-15(10-8-14)13-20(5)17(21)11-16(19)12-18(2,3)4/h7-10,16H,6,11-13,19H2,1-5H3. The fourth-order valence-electron chi connectivity index (χ4n) is 2.48. The second kappa shape index (κ2) is 7.60. The number of carbonyl (C=O) groups excluding carboxylic acids is 1. The van der Waals surface area contributed by atoms with Gasteiger partial charge in [0, 0.05) is 26.1 Å². The average Bonchev–Trinajstić information content (AvgIpc) is 2.37. The van der Waals surface area contributed by atoms with E-state index in [4.69, 9.17) is 5.73 Å². The summed E-state index contributed by atoms with van der Waals surface area (Å²) in [5.41, 5.74) is 8.72. The van der Waals surface area contributed by atoms with Gasteiger partial charge in [-0.05, 0) is 29.4 Å². The lowest BCUT2D eigenvalue weighted by atomic mass is 9.87. The average molecular weight is 290 g/mol. The number of carbonyl (C=O) groups is 1. The molecule has 1 amide bonds. The Bertz CT molecular complexity index is 445. The van der Waals surface area contributed by atoms with Gasteiger partial charge in [0.1, 0.15) is 0 Å². The number of rotatable bonds is 6. The first kappa shape index (κ1) is 17.7. The third-order valence-electron chi connectivity index (χ3n) is 3.59. The van der Waals surface area contributed by atoms with E-state index in [-0.39, 0.29) is 17.4 Å². The molecule has 1 aromatic carbocycles. The van der Waals surface area contributed by atoms with Crippen LogP contribution in [0.2, 0.25) is 0 Å². The molecule has 0 bridgehead atoms. The van der Waals surface area contributed by atoms with E-state index in [0.29, 0.717) is 13.0 Å². The van der Waals surface area contributed by atoms with E-state index in [2.05, 4.69) is 52.0 Å². The molecule has 118 valence electrons. The smallest absolute Gasteiger partial charge is 0.224 e. The summed E-state index contributed by atoms with van der Waals surface area (Å²) in [7, 11) is 1.85. The minimum Gasteiger partial charge on any atom is -0.341 e. The summed E-state index contributed by atoms with van der Waals surface area (Å²) in [5, 5.41) is 0. The second-order valence-corrected chi connectivity index (χ2v) is 7.15. The minimum atomic E-state index is -0.0672. The number of aryl methyl sites for hydroxylation is 1. The first-order chi connectivity index (χ1) is 9.71. The number of hydrogen-bond donors (Lipinski definition) is 1. The molecule has 0 aromatic heterocycles. The lowest BCUT2D eigenvalue weighted by Crippen LogP contribution is -2.35. The van der Waals surface area contributed by atoms with Gasteiger partial charge >= 0.3 is 0 Å². The number of nitrogens with two attached hydrogens (primary N) is 1. The Morgan fingerprint density at radius 2 is 1.71 bits per heavy atom. The van der Waals surface area contributed by atoms with Crippen molar-refractivity contribution in [3.63, 3.8) is 0 Å². The van der Waals surface area contributed by atoms with E-state index in [1.54, 1.807) is 4.90 Å². The molecule has 0 fully saturated rings. The molecule has 1 rings (SSSR count). The predicted octanol–water partition coefficient (Wildman–Crippen LogP) is 3.36. The van der Waals surface area contributed by atoms with Crippen molar-refractivity contribution in [2.24, 2.45) is 11.1 Å². The SMILES string of the molecule is CCc1ccc(CN(C)C(=O)CC(N)CC(C)(C)C)cc1. The molecular formula is C18H30N2O. The molecule has 1 unspecified atom stereocenters. The third kappa shape index (κ3) is 6.76. The zero-order valence-corrected chi connectivity index (χ0v) is 14.1. The maximum absolute atomic E-state index is 12.2. The predicted molar refractivity (Wildman–Crippen MR) is 89.0 cm³/mol. The molecule has 3 heteroatoms. The molecule has 0 aliphatic heterocycles. The van der Waals surface area contributed by atoms with Crippen LogP contribution in [0.15, 0.2) is 24.3 Å². The van der Waals surface area contributed by atoms with Crippen molar-refractivity contribution in [2.45, 2.75) is 59.5 Å². The Balaban J connectivity index is 2.50. The van der Waals surface area contributed by atoms with Crippen LogP contribution >= 0.6 is 0 Å². The molecule has 0 saturated heterocycles. The summed E-state index contributed by atoms with van der Waals surface area (Å²) in [5.74, 6) is 0.117. The van der Waals surface area contributed by atoms with Crippen LogP contribution in [0.5, 0.6) is 0 Å². The van der Waals surface area contributed by atoms with Gasteiger partial charge in [-0.15, -0.1) is 0 Å². The van der Waals surface area contributed by atoms with Crippen molar-refractivity contribution in [1.29, 1.82) is 0 Å². The number of nitrogens with zero attached hydrogens (tertiary/aromatic N) is 1. The zero-order valence-electron chi connectivity index (χ0n) is 14.1. The van der Waals surface area contributed by atoms with E-state index < -0.39 is 0 Å². The number of amides is 1. The summed E-state index contributed by atoms with van der Waals surface area (Å²) in [6.45, 7) is 9.23. The Morgan fingerprint density at radius 3 is 2.19 bits per heavy atom. The molecule has 0 radical (unpaired) electrons. The fourth-order valence-corrected chi connectivity index (χ4v) is 2.48. The van der Waals surface area contributed by atoms with Gasteiger partial charge in [0.05, 0.1) is 0 Å². The maximum atomic E-state index is 12.2. The van der Waals surface area contributed by atoms with Gasteiger partial charge in [-0.25, -0.2) is 0 Å². The maximum Gasteiger partial charge on any atom is 0.224 e. The molecule has 0 aliphatic carbocycles. The summed E-state index contributed by atoms with van der Waals surface area (Å²) >= 11 is 0. The van der Waals surface area contributed by atoms with E-state index in [0.717, 1.165) is 18.4 Å². The Kier molecular flexibility index (Phi) is 6.41. The molecule has 0 spiro atoms. The van der Waals surface area contributed by atoms with Crippen LogP contribution in [0.25, 0.3) is 0 Å². The lowest BCUT2D eigenvalue weighted by molar-refractivity contribution is -0.130. The van der Waals surface area contributed by atoms with Crippen molar-refractivity contribution in [1.82, 2.24) is 4.90 Å². The Morgan fingerprint density at radius 1 is 1.19 bits per heavy atom. The highest BCUT2D eigenvalue weighted by molar-refractivity contribution is 5.76. The van der Waals surface area contributed by atoms with Gasteiger partial charge in [-0.2, -0.15) is 0 Å². The van der Waals surface area contributed by atoms with Crippen LogP contribution in [-0.2, 0) is 17.8 Å². The molecule has 21 heavy (non-hydrogen) atoms. The molecular weight excluding hydrogens is 260 g/mol. The zero-order chi connectivity index (χ0) is 16.0. The third-order valence-corrected chi connectivity index (χ3v) is 3.59. The van der Waals surface area contributed by atoms with E-state index in [1.165, 1.54) is 5.56 Å².